The Morgan fingerprint density at radius 1 is 1.43 bits per heavy atom. The van der Waals surface area contributed by atoms with Crippen LogP contribution in [-0.4, -0.2) is 71.7 Å². The molecule has 2 rings (SSSR count). The van der Waals surface area contributed by atoms with Crippen molar-refractivity contribution in [3.8, 4) is 0 Å². The molecule has 0 atom stereocenters. The molecule has 0 saturated carbocycles. The van der Waals surface area contributed by atoms with Crippen LogP contribution in [0.25, 0.3) is 0 Å². The van der Waals surface area contributed by atoms with Crippen LogP contribution in [0.4, 0.5) is 0 Å². The number of carbonyl (C=O) groups is 2. The molecule has 1 aliphatic rings. The third-order valence-electron chi connectivity index (χ3n) is 4.08. The zero-order chi connectivity index (χ0) is 16.7. The molecule has 0 radical (unpaired) electrons. The smallest absolute Gasteiger partial charge is 0.248 e. The number of aromatic nitrogens is 2. The van der Waals surface area contributed by atoms with Crippen LogP contribution >= 0.6 is 0 Å². The third-order valence-corrected chi connectivity index (χ3v) is 4.08. The average Bonchev–Trinajstić information content (AvgIpc) is 3.10. The van der Waals surface area contributed by atoms with Gasteiger partial charge in [-0.25, -0.2) is 0 Å². The van der Waals surface area contributed by atoms with Crippen LogP contribution in [0, 0.1) is 5.92 Å². The van der Waals surface area contributed by atoms with E-state index in [2.05, 4.69) is 14.7 Å². The van der Waals surface area contributed by atoms with Crippen LogP contribution < -0.4 is 0 Å². The second kappa shape index (κ2) is 8.61. The van der Waals surface area contributed by atoms with Gasteiger partial charge in [-0.1, -0.05) is 5.16 Å². The van der Waals surface area contributed by atoms with Gasteiger partial charge in [-0.15, -0.1) is 0 Å². The minimum absolute atomic E-state index is 0.00297. The number of likely N-dealkylation sites (N-methyl/N-ethyl adjacent to an activating group) is 1. The summed E-state index contributed by atoms with van der Waals surface area (Å²) in [5.41, 5.74) is 0. The summed E-state index contributed by atoms with van der Waals surface area (Å²) in [4.78, 5) is 31.7. The molecule has 0 bridgehead atoms. The molecule has 1 aliphatic heterocycles. The van der Waals surface area contributed by atoms with Crippen LogP contribution in [0.2, 0.25) is 0 Å². The van der Waals surface area contributed by atoms with Crippen LogP contribution in [0.1, 0.15) is 25.6 Å². The predicted molar refractivity (Wildman–Crippen MR) is 81.4 cm³/mol. The molecular weight excluding hydrogens is 300 g/mol. The fourth-order valence-corrected chi connectivity index (χ4v) is 2.65. The number of ether oxygens (including phenoxy) is 1. The summed E-state index contributed by atoms with van der Waals surface area (Å²) in [5.74, 6) is 0.691. The molecule has 0 aliphatic carbocycles. The number of carbonyl (C=O) groups excluding carboxylic acids is 2. The van der Waals surface area contributed by atoms with Gasteiger partial charge in [-0.2, -0.15) is 4.98 Å². The molecule has 0 N–H and O–H groups in total. The van der Waals surface area contributed by atoms with Crippen molar-refractivity contribution >= 4 is 11.8 Å². The molecule has 0 unspecified atom stereocenters. The molecule has 0 spiro atoms. The number of likely N-dealkylation sites (tertiary alicyclic amines) is 1. The van der Waals surface area contributed by atoms with Crippen LogP contribution in [0.3, 0.4) is 0 Å². The van der Waals surface area contributed by atoms with Crippen LogP contribution in [0.15, 0.2) is 10.9 Å². The molecular formula is C15H24N4O4. The Hall–Kier alpha value is -1.96. The first-order chi connectivity index (χ1) is 11.1. The Labute approximate surface area is 135 Å². The molecule has 8 heteroatoms. The summed E-state index contributed by atoms with van der Waals surface area (Å²) in [5, 5.41) is 3.73. The second-order valence-corrected chi connectivity index (χ2v) is 5.65. The molecule has 1 fully saturated rings. The Bertz CT molecular complexity index is 498. The first kappa shape index (κ1) is 17.4. The van der Waals surface area contributed by atoms with Crippen molar-refractivity contribution in [1.82, 2.24) is 19.9 Å². The molecule has 2 amide bonds. The number of piperidine rings is 1. The standard InChI is InChI=1S/C15H24N4O4/c1-3-22-10-14(20)19-8-4-12(5-9-19)15(21)18(2)7-6-13-16-11-23-17-13/h11-12H,3-10H2,1-2H3. The van der Waals surface area contributed by atoms with Gasteiger partial charge in [0, 0.05) is 45.6 Å². The highest BCUT2D eigenvalue weighted by Crippen LogP contribution is 2.19. The minimum atomic E-state index is -0.0265. The van der Waals surface area contributed by atoms with Crippen LogP contribution in [-0.2, 0) is 20.7 Å². The van der Waals surface area contributed by atoms with E-state index in [4.69, 9.17) is 4.74 Å². The van der Waals surface area contributed by atoms with E-state index < -0.39 is 0 Å². The Kier molecular flexibility index (Phi) is 6.52. The van der Waals surface area contributed by atoms with Gasteiger partial charge in [0.05, 0.1) is 0 Å². The lowest BCUT2D eigenvalue weighted by Crippen LogP contribution is -2.44. The van der Waals surface area contributed by atoms with Crippen molar-refractivity contribution in [2.75, 3.05) is 39.9 Å². The topological polar surface area (TPSA) is 88.8 Å². The maximum absolute atomic E-state index is 12.4. The number of rotatable bonds is 7. The van der Waals surface area contributed by atoms with Gasteiger partial charge >= 0.3 is 0 Å². The quantitative estimate of drug-likeness (QED) is 0.719. The van der Waals surface area contributed by atoms with E-state index in [-0.39, 0.29) is 24.3 Å². The first-order valence-corrected chi connectivity index (χ1v) is 7.97. The SMILES string of the molecule is CCOCC(=O)N1CCC(C(=O)N(C)CCc2ncon2)CC1. The number of hydrogen-bond acceptors (Lipinski definition) is 6. The molecule has 2 heterocycles. The third kappa shape index (κ3) is 5.02. The van der Waals surface area contributed by atoms with Gasteiger partial charge in [0.1, 0.15) is 6.61 Å². The fourth-order valence-electron chi connectivity index (χ4n) is 2.65. The van der Waals surface area contributed by atoms with E-state index in [0.717, 1.165) is 0 Å². The summed E-state index contributed by atoms with van der Waals surface area (Å²) in [6.45, 7) is 4.30. The first-order valence-electron chi connectivity index (χ1n) is 7.97. The Morgan fingerprint density at radius 3 is 2.78 bits per heavy atom. The van der Waals surface area contributed by atoms with E-state index in [1.165, 1.54) is 6.39 Å². The molecule has 1 aromatic heterocycles. The predicted octanol–water partition coefficient (Wildman–Crippen LogP) is 0.346. The minimum Gasteiger partial charge on any atom is -0.372 e. The highest BCUT2D eigenvalue weighted by molar-refractivity contribution is 5.80. The Balaban J connectivity index is 1.73. The lowest BCUT2D eigenvalue weighted by molar-refractivity contribution is -0.142. The monoisotopic (exact) mass is 324 g/mol. The van der Waals surface area contributed by atoms with Gasteiger partial charge in [0.25, 0.3) is 0 Å². The van der Waals surface area contributed by atoms with Gasteiger partial charge < -0.3 is 19.1 Å². The van der Waals surface area contributed by atoms with Crippen molar-refractivity contribution in [3.63, 3.8) is 0 Å². The largest absolute Gasteiger partial charge is 0.372 e. The Morgan fingerprint density at radius 2 is 2.17 bits per heavy atom. The molecule has 128 valence electrons. The van der Waals surface area contributed by atoms with Crippen molar-refractivity contribution in [1.29, 1.82) is 0 Å². The maximum Gasteiger partial charge on any atom is 0.248 e. The molecule has 1 saturated heterocycles. The average molecular weight is 324 g/mol. The number of hydrogen-bond donors (Lipinski definition) is 0. The number of amides is 2. The van der Waals surface area contributed by atoms with E-state index in [9.17, 15) is 9.59 Å². The van der Waals surface area contributed by atoms with Gasteiger partial charge in [0.2, 0.25) is 18.2 Å². The van der Waals surface area contributed by atoms with Crippen molar-refractivity contribution in [2.45, 2.75) is 26.2 Å². The lowest BCUT2D eigenvalue weighted by atomic mass is 9.95. The summed E-state index contributed by atoms with van der Waals surface area (Å²) < 4.78 is 9.82. The molecule has 0 aromatic carbocycles. The van der Waals surface area contributed by atoms with E-state index in [1.54, 1.807) is 16.8 Å². The zero-order valence-corrected chi connectivity index (χ0v) is 13.7. The summed E-state index contributed by atoms with van der Waals surface area (Å²) in [7, 11) is 1.79. The van der Waals surface area contributed by atoms with Gasteiger partial charge in [-0.05, 0) is 19.8 Å². The maximum atomic E-state index is 12.4. The lowest BCUT2D eigenvalue weighted by Gasteiger charge is -2.33. The van der Waals surface area contributed by atoms with E-state index >= 15 is 0 Å². The van der Waals surface area contributed by atoms with Crippen LogP contribution in [0.5, 0.6) is 0 Å². The normalized spacial score (nSPS) is 15.7. The molecule has 23 heavy (non-hydrogen) atoms. The van der Waals surface area contributed by atoms with Crippen molar-refractivity contribution < 1.29 is 18.8 Å². The fraction of sp³-hybridized carbons (Fsp3) is 0.733. The van der Waals surface area contributed by atoms with Gasteiger partial charge in [0.15, 0.2) is 5.82 Å². The summed E-state index contributed by atoms with van der Waals surface area (Å²) >= 11 is 0. The number of nitrogens with zero attached hydrogens (tertiary/aromatic N) is 4. The summed E-state index contributed by atoms with van der Waals surface area (Å²) in [6.07, 6.45) is 3.25. The summed E-state index contributed by atoms with van der Waals surface area (Å²) in [6, 6.07) is 0. The van der Waals surface area contributed by atoms with E-state index in [0.29, 0.717) is 51.3 Å². The highest BCUT2D eigenvalue weighted by Gasteiger charge is 2.29. The molecule has 1 aromatic rings. The molecule has 8 nitrogen and oxygen atoms in total. The van der Waals surface area contributed by atoms with E-state index in [1.807, 2.05) is 6.92 Å². The second-order valence-electron chi connectivity index (χ2n) is 5.65. The van der Waals surface area contributed by atoms with Crippen molar-refractivity contribution in [3.05, 3.63) is 12.2 Å². The zero-order valence-electron chi connectivity index (χ0n) is 13.7. The van der Waals surface area contributed by atoms with Crippen molar-refractivity contribution in [2.24, 2.45) is 5.92 Å². The highest BCUT2D eigenvalue weighted by atomic mass is 16.5. The van der Waals surface area contributed by atoms with Gasteiger partial charge in [-0.3, -0.25) is 9.59 Å².